The summed E-state index contributed by atoms with van der Waals surface area (Å²) in [7, 11) is 0. The number of benzene rings is 1. The fraction of sp³-hybridized carbons (Fsp3) is 0.786. The lowest BCUT2D eigenvalue weighted by atomic mass is 10.1. The van der Waals surface area contributed by atoms with E-state index in [0.717, 1.165) is 148 Å². The van der Waals surface area contributed by atoms with Gasteiger partial charge in [0, 0.05) is 77.1 Å². The summed E-state index contributed by atoms with van der Waals surface area (Å²) < 4.78 is 0. The van der Waals surface area contributed by atoms with Crippen molar-refractivity contribution in [1.29, 1.82) is 0 Å². The van der Waals surface area contributed by atoms with Crippen molar-refractivity contribution in [3.05, 3.63) is 39.4 Å². The van der Waals surface area contributed by atoms with Gasteiger partial charge in [-0.15, -0.1) is 0 Å². The topological polar surface area (TPSA) is 122 Å². The lowest BCUT2D eigenvalue weighted by Gasteiger charge is -2.24. The van der Waals surface area contributed by atoms with Crippen molar-refractivity contribution in [2.45, 2.75) is 38.8 Å². The minimum atomic E-state index is -0.196. The molecule has 0 aliphatic carbocycles. The van der Waals surface area contributed by atoms with Gasteiger partial charge in [-0.2, -0.15) is 0 Å². The Hall–Kier alpha value is -1.70. The van der Waals surface area contributed by atoms with Crippen LogP contribution in [-0.2, 0) is 13.1 Å². The predicted molar refractivity (Wildman–Crippen MR) is 159 cm³/mol. The van der Waals surface area contributed by atoms with Gasteiger partial charge in [-0.1, -0.05) is 12.1 Å². The molecule has 2 heterocycles. The highest BCUT2D eigenvalue weighted by atomic mass is 16.6. The largest absolute Gasteiger partial charge is 0.315 e. The molecule has 3 rings (SSSR count). The van der Waals surface area contributed by atoms with Gasteiger partial charge in [0.2, 0.25) is 0 Å². The highest BCUT2D eigenvalue weighted by Gasteiger charge is 2.19. The van der Waals surface area contributed by atoms with Crippen LogP contribution in [0.15, 0.2) is 18.2 Å². The molecular weight excluding hydrogens is 494 g/mol. The second-order valence-electron chi connectivity index (χ2n) is 10.7. The summed E-state index contributed by atoms with van der Waals surface area (Å²) in [6, 6.07) is 5.91. The molecule has 0 aromatic heterocycles. The van der Waals surface area contributed by atoms with E-state index >= 15 is 0 Å². The van der Waals surface area contributed by atoms with Crippen LogP contribution in [0.3, 0.4) is 0 Å². The summed E-state index contributed by atoms with van der Waals surface area (Å²) in [4.78, 5) is 16.7. The van der Waals surface area contributed by atoms with E-state index < -0.39 is 0 Å². The standard InChI is InChI=1S/C28H53N9O2/c38-37(39)28-23-26(24-35-19-3-11-31-15-13-29-7-1-9-33-17-21-35)5-6-27(28)25-36-20-4-12-32-16-14-30-8-2-10-34-18-22-36/h5-6,23,29-34H,1-4,7-22,24-25H2. The molecule has 11 heteroatoms. The first kappa shape index (κ1) is 31.8. The summed E-state index contributed by atoms with van der Waals surface area (Å²) in [5.41, 5.74) is 2.07. The Labute approximate surface area is 235 Å². The van der Waals surface area contributed by atoms with Crippen LogP contribution in [0.4, 0.5) is 5.69 Å². The molecule has 6 N–H and O–H groups in total. The predicted octanol–water partition coefficient (Wildman–Crippen LogP) is 0.324. The second kappa shape index (κ2) is 20.2. The third kappa shape index (κ3) is 14.0. The minimum absolute atomic E-state index is 0.196. The number of hydrogen-bond acceptors (Lipinski definition) is 10. The van der Waals surface area contributed by atoms with Crippen LogP contribution in [0, 0.1) is 10.1 Å². The Kier molecular flexibility index (Phi) is 16.5. The monoisotopic (exact) mass is 547 g/mol. The summed E-state index contributed by atoms with van der Waals surface area (Å²) in [5.74, 6) is 0. The van der Waals surface area contributed by atoms with Crippen LogP contribution in [0.25, 0.3) is 0 Å². The van der Waals surface area contributed by atoms with E-state index in [0.29, 0.717) is 6.54 Å². The Morgan fingerprint density at radius 1 is 0.590 bits per heavy atom. The molecule has 0 spiro atoms. The fourth-order valence-corrected chi connectivity index (χ4v) is 5.16. The molecule has 0 unspecified atom stereocenters. The number of nitro groups is 1. The third-order valence-electron chi connectivity index (χ3n) is 7.38. The first-order valence-electron chi connectivity index (χ1n) is 15.2. The van der Waals surface area contributed by atoms with E-state index in [4.69, 9.17) is 0 Å². The summed E-state index contributed by atoms with van der Waals surface area (Å²) in [6.07, 6.45) is 4.32. The molecule has 2 saturated heterocycles. The van der Waals surface area contributed by atoms with Crippen molar-refractivity contribution in [2.75, 3.05) is 105 Å². The van der Waals surface area contributed by atoms with E-state index in [1.807, 2.05) is 12.1 Å². The van der Waals surface area contributed by atoms with Crippen molar-refractivity contribution in [3.8, 4) is 0 Å². The highest BCUT2D eigenvalue weighted by Crippen LogP contribution is 2.23. The molecular formula is C28H53N9O2. The zero-order valence-corrected chi connectivity index (χ0v) is 23.9. The van der Waals surface area contributed by atoms with Crippen molar-refractivity contribution in [1.82, 2.24) is 41.7 Å². The smallest absolute Gasteiger partial charge is 0.274 e. The van der Waals surface area contributed by atoms with Crippen molar-refractivity contribution in [2.24, 2.45) is 0 Å². The summed E-state index contributed by atoms with van der Waals surface area (Å²) in [6.45, 7) is 16.9. The zero-order chi connectivity index (χ0) is 27.4. The molecule has 1 aromatic rings. The van der Waals surface area contributed by atoms with E-state index in [9.17, 15) is 10.1 Å². The Bertz CT molecular complexity index is 770. The Balaban J connectivity index is 1.60. The molecule has 11 nitrogen and oxygen atoms in total. The summed E-state index contributed by atoms with van der Waals surface area (Å²) >= 11 is 0. The Morgan fingerprint density at radius 2 is 1.05 bits per heavy atom. The molecule has 0 saturated carbocycles. The molecule has 2 aliphatic rings. The Morgan fingerprint density at radius 3 is 1.56 bits per heavy atom. The van der Waals surface area contributed by atoms with Gasteiger partial charge < -0.3 is 31.9 Å². The summed E-state index contributed by atoms with van der Waals surface area (Å²) in [5, 5.41) is 33.1. The SMILES string of the molecule is O=[N+]([O-])c1cc(CN2CCCNCCNCCCNCC2)ccc1CN1CCCNCCNCCCNCC1. The molecule has 0 radical (unpaired) electrons. The maximum atomic E-state index is 12.1. The number of nitrogens with one attached hydrogen (secondary N) is 6. The molecule has 1 aromatic carbocycles. The third-order valence-corrected chi connectivity index (χ3v) is 7.38. The van der Waals surface area contributed by atoms with Gasteiger partial charge >= 0.3 is 0 Å². The first-order valence-corrected chi connectivity index (χ1v) is 15.2. The average molecular weight is 548 g/mol. The quantitative estimate of drug-likeness (QED) is 0.227. The van der Waals surface area contributed by atoms with E-state index in [1.165, 1.54) is 0 Å². The minimum Gasteiger partial charge on any atom is -0.315 e. The van der Waals surface area contributed by atoms with Crippen LogP contribution in [0.2, 0.25) is 0 Å². The van der Waals surface area contributed by atoms with Crippen molar-refractivity contribution < 1.29 is 4.92 Å². The maximum Gasteiger partial charge on any atom is 0.274 e. The average Bonchev–Trinajstić information content (AvgIpc) is 2.93. The number of nitro benzene ring substituents is 1. The van der Waals surface area contributed by atoms with Crippen LogP contribution in [0.5, 0.6) is 0 Å². The van der Waals surface area contributed by atoms with E-state index in [2.05, 4.69) is 47.8 Å². The zero-order valence-electron chi connectivity index (χ0n) is 23.9. The van der Waals surface area contributed by atoms with E-state index in [-0.39, 0.29) is 10.6 Å². The van der Waals surface area contributed by atoms with Gasteiger partial charge in [0.1, 0.15) is 0 Å². The molecule has 39 heavy (non-hydrogen) atoms. The van der Waals surface area contributed by atoms with Gasteiger partial charge in [0.25, 0.3) is 5.69 Å². The van der Waals surface area contributed by atoms with Gasteiger partial charge in [0.05, 0.1) is 4.92 Å². The number of nitrogens with zero attached hydrogens (tertiary/aromatic N) is 3. The van der Waals surface area contributed by atoms with Gasteiger partial charge in [-0.05, 0) is 83.6 Å². The highest BCUT2D eigenvalue weighted by molar-refractivity contribution is 5.43. The maximum absolute atomic E-state index is 12.1. The molecule has 2 aliphatic heterocycles. The van der Waals surface area contributed by atoms with Crippen molar-refractivity contribution in [3.63, 3.8) is 0 Å². The number of hydrogen-bond donors (Lipinski definition) is 6. The molecule has 222 valence electrons. The second-order valence-corrected chi connectivity index (χ2v) is 10.7. The molecule has 2 fully saturated rings. The van der Waals surface area contributed by atoms with Crippen LogP contribution >= 0.6 is 0 Å². The fourth-order valence-electron chi connectivity index (χ4n) is 5.16. The van der Waals surface area contributed by atoms with Crippen LogP contribution < -0.4 is 31.9 Å². The first-order chi connectivity index (χ1) is 19.2. The van der Waals surface area contributed by atoms with Gasteiger partial charge in [-0.3, -0.25) is 19.9 Å². The normalized spacial score (nSPS) is 21.9. The van der Waals surface area contributed by atoms with Gasteiger partial charge in [0.15, 0.2) is 0 Å². The lowest BCUT2D eigenvalue weighted by molar-refractivity contribution is -0.385. The van der Waals surface area contributed by atoms with Crippen molar-refractivity contribution >= 4 is 5.69 Å². The van der Waals surface area contributed by atoms with Crippen LogP contribution in [0.1, 0.15) is 36.8 Å². The van der Waals surface area contributed by atoms with E-state index in [1.54, 1.807) is 0 Å². The lowest BCUT2D eigenvalue weighted by Crippen LogP contribution is -2.37. The molecule has 0 amide bonds. The van der Waals surface area contributed by atoms with Crippen LogP contribution in [-0.4, -0.2) is 119 Å². The molecule has 0 atom stereocenters. The van der Waals surface area contributed by atoms with Gasteiger partial charge in [-0.25, -0.2) is 0 Å². The number of rotatable bonds is 5. The molecule has 0 bridgehead atoms.